The molecule has 0 aromatic heterocycles. The van der Waals surface area contributed by atoms with Gasteiger partial charge in [-0.2, -0.15) is 13.2 Å². The zero-order valence-electron chi connectivity index (χ0n) is 18.4. The lowest BCUT2D eigenvalue weighted by atomic mass is 10.2. The minimum atomic E-state index is -4.46. The van der Waals surface area contributed by atoms with Crippen LogP contribution in [-0.4, -0.2) is 53.2 Å². The predicted octanol–water partition coefficient (Wildman–Crippen LogP) is 6.35. The number of alkyl halides is 3. The summed E-state index contributed by atoms with van der Waals surface area (Å²) in [4.78, 5) is 2.96. The number of rotatable bonds is 12. The van der Waals surface area contributed by atoms with Gasteiger partial charge in [0.1, 0.15) is 17.1 Å². The first-order valence-corrected chi connectivity index (χ1v) is 13.8. The van der Waals surface area contributed by atoms with Crippen LogP contribution >= 0.6 is 35.1 Å². The van der Waals surface area contributed by atoms with Crippen LogP contribution in [0.2, 0.25) is 5.02 Å². The minimum Gasteiger partial charge on any atom is -0.496 e. The van der Waals surface area contributed by atoms with Gasteiger partial charge in [-0.1, -0.05) is 42.0 Å². The summed E-state index contributed by atoms with van der Waals surface area (Å²) >= 11 is 9.11. The maximum Gasteiger partial charge on any atom is 0.415 e. The Kier molecular flexibility index (Phi) is 12.4. The van der Waals surface area contributed by atoms with Crippen molar-refractivity contribution in [3.05, 3.63) is 63.6 Å². The molecule has 0 amide bonds. The van der Waals surface area contributed by atoms with E-state index in [0.29, 0.717) is 27.3 Å². The van der Waals surface area contributed by atoms with Crippen LogP contribution in [0.15, 0.2) is 63.5 Å². The minimum absolute atomic E-state index is 0.182. The number of halogens is 4. The standard InChI is InChI=1S/C22H28ClF3N2O2S3/c1-3-21(32-16-31-20-10-5-4-9-19(20)23)33(29)27-12-7-6-8-17(22(24,25)26)15-30-18-11-13-28(2)14-18/h3-7,9-10,15,18,27H,8,11-14,16H2,1-2H3/b7-6-,17-15-,21-3+/t18-,33?/m1/s1. The van der Waals surface area contributed by atoms with Crippen LogP contribution in [-0.2, 0) is 15.7 Å². The molecule has 0 saturated carbocycles. The van der Waals surface area contributed by atoms with Crippen LogP contribution in [0.25, 0.3) is 0 Å². The quantitative estimate of drug-likeness (QED) is 0.145. The van der Waals surface area contributed by atoms with Gasteiger partial charge < -0.3 is 9.64 Å². The third kappa shape index (κ3) is 10.5. The van der Waals surface area contributed by atoms with E-state index in [2.05, 4.69) is 4.72 Å². The zero-order valence-corrected chi connectivity index (χ0v) is 21.6. The molecular weight excluding hydrogens is 513 g/mol. The van der Waals surface area contributed by atoms with E-state index in [-0.39, 0.29) is 19.1 Å². The Balaban J connectivity index is 1.76. The maximum atomic E-state index is 13.2. The summed E-state index contributed by atoms with van der Waals surface area (Å²) in [7, 11) is 0.459. The van der Waals surface area contributed by atoms with Crippen molar-refractivity contribution in [3.8, 4) is 0 Å². The number of benzene rings is 1. The number of ether oxygens (including phenoxy) is 1. The van der Waals surface area contributed by atoms with E-state index in [9.17, 15) is 17.4 Å². The Hall–Kier alpha value is -0.910. The SMILES string of the molecule is C/C=C(\SCSc1ccccc1Cl)S(=O)NC/C=C\C/C(=C/O[C@@H]1CCN(C)C1)C(F)(F)F. The van der Waals surface area contributed by atoms with E-state index in [1.165, 1.54) is 23.9 Å². The Labute approximate surface area is 209 Å². The third-order valence-corrected chi connectivity index (χ3v) is 9.03. The topological polar surface area (TPSA) is 41.6 Å². The average Bonchev–Trinajstić information content (AvgIpc) is 3.18. The van der Waals surface area contributed by atoms with E-state index >= 15 is 0 Å². The highest BCUT2D eigenvalue weighted by atomic mass is 35.5. The Morgan fingerprint density at radius 2 is 2.12 bits per heavy atom. The van der Waals surface area contributed by atoms with Crippen LogP contribution in [0.1, 0.15) is 19.8 Å². The molecule has 1 aliphatic rings. The van der Waals surface area contributed by atoms with Gasteiger partial charge in [0.25, 0.3) is 0 Å². The van der Waals surface area contributed by atoms with Crippen LogP contribution in [0.5, 0.6) is 0 Å². The Morgan fingerprint density at radius 3 is 2.76 bits per heavy atom. The first-order valence-electron chi connectivity index (χ1n) is 10.3. The molecule has 1 aliphatic heterocycles. The number of likely N-dealkylation sites (N-methyl/N-ethyl adjacent to an activating group) is 1. The van der Waals surface area contributed by atoms with Gasteiger partial charge in [0.15, 0.2) is 0 Å². The largest absolute Gasteiger partial charge is 0.496 e. The van der Waals surface area contributed by atoms with Crippen LogP contribution < -0.4 is 4.72 Å². The average molecular weight is 541 g/mol. The molecule has 11 heteroatoms. The molecule has 1 saturated heterocycles. The molecule has 1 fully saturated rings. The number of nitrogens with one attached hydrogen (secondary N) is 1. The molecular formula is C22H28ClF3N2O2S3. The molecule has 0 aliphatic carbocycles. The monoisotopic (exact) mass is 540 g/mol. The van der Waals surface area contributed by atoms with E-state index in [1.807, 2.05) is 36.2 Å². The summed E-state index contributed by atoms with van der Waals surface area (Å²) in [5.41, 5.74) is -0.740. The third-order valence-electron chi connectivity index (χ3n) is 4.62. The number of hydrogen-bond acceptors (Lipinski definition) is 5. The zero-order chi connectivity index (χ0) is 24.3. The molecule has 4 nitrogen and oxygen atoms in total. The normalized spacial score (nSPS) is 19.4. The number of hydrogen-bond donors (Lipinski definition) is 1. The van der Waals surface area contributed by atoms with Gasteiger partial charge in [-0.3, -0.25) is 0 Å². The lowest BCUT2D eigenvalue weighted by Gasteiger charge is -2.14. The second kappa shape index (κ2) is 14.5. The van der Waals surface area contributed by atoms with Crippen molar-refractivity contribution in [3.63, 3.8) is 0 Å². The van der Waals surface area contributed by atoms with Crippen LogP contribution in [0.3, 0.4) is 0 Å². The second-order valence-electron chi connectivity index (χ2n) is 7.19. The summed E-state index contributed by atoms with van der Waals surface area (Å²) in [5.74, 6) is 0. The van der Waals surface area contributed by atoms with Crippen molar-refractivity contribution >= 4 is 46.1 Å². The molecule has 2 rings (SSSR count). The number of likely N-dealkylation sites (tertiary alicyclic amines) is 1. The fraction of sp³-hybridized carbons (Fsp3) is 0.455. The number of allylic oxidation sites excluding steroid dienone is 3. The summed E-state index contributed by atoms with van der Waals surface area (Å²) in [6, 6.07) is 7.50. The molecule has 0 spiro atoms. The lowest BCUT2D eigenvalue weighted by Crippen LogP contribution is -2.19. The van der Waals surface area contributed by atoms with Gasteiger partial charge in [-0.05, 0) is 38.9 Å². The first kappa shape index (κ1) is 28.3. The number of nitrogens with zero attached hydrogens (tertiary/aromatic N) is 1. The van der Waals surface area contributed by atoms with Crippen molar-refractivity contribution in [1.29, 1.82) is 0 Å². The molecule has 1 heterocycles. The number of thioether (sulfide) groups is 2. The van der Waals surface area contributed by atoms with Gasteiger partial charge in [-0.25, -0.2) is 8.93 Å². The van der Waals surface area contributed by atoms with Gasteiger partial charge in [0, 0.05) is 29.6 Å². The molecule has 184 valence electrons. The van der Waals surface area contributed by atoms with Crippen molar-refractivity contribution < 1.29 is 22.1 Å². The molecule has 1 unspecified atom stereocenters. The highest BCUT2D eigenvalue weighted by Gasteiger charge is 2.33. The summed E-state index contributed by atoms with van der Waals surface area (Å²) < 4.78 is 61.0. The smallest absolute Gasteiger partial charge is 0.415 e. The Morgan fingerprint density at radius 1 is 1.36 bits per heavy atom. The first-order chi connectivity index (χ1) is 15.7. The summed E-state index contributed by atoms with van der Waals surface area (Å²) in [6.07, 6.45) is 1.28. The van der Waals surface area contributed by atoms with Gasteiger partial charge >= 0.3 is 6.18 Å². The summed E-state index contributed by atoms with van der Waals surface area (Å²) in [5, 5.41) is 1.30. The molecule has 2 atom stereocenters. The van der Waals surface area contributed by atoms with Gasteiger partial charge in [0.2, 0.25) is 0 Å². The molecule has 0 radical (unpaired) electrons. The van der Waals surface area contributed by atoms with Crippen molar-refractivity contribution in [2.75, 3.05) is 31.8 Å². The van der Waals surface area contributed by atoms with E-state index in [1.54, 1.807) is 24.8 Å². The molecule has 0 bridgehead atoms. The maximum absolute atomic E-state index is 13.2. The van der Waals surface area contributed by atoms with Crippen molar-refractivity contribution in [2.24, 2.45) is 0 Å². The van der Waals surface area contributed by atoms with E-state index < -0.39 is 22.7 Å². The van der Waals surface area contributed by atoms with Crippen molar-refractivity contribution in [2.45, 2.75) is 36.9 Å². The molecule has 1 aromatic rings. The van der Waals surface area contributed by atoms with Crippen molar-refractivity contribution in [1.82, 2.24) is 9.62 Å². The lowest BCUT2D eigenvalue weighted by molar-refractivity contribution is -0.0957. The molecule has 33 heavy (non-hydrogen) atoms. The van der Waals surface area contributed by atoms with E-state index in [0.717, 1.165) is 17.7 Å². The van der Waals surface area contributed by atoms with Gasteiger partial charge in [0.05, 0.1) is 21.1 Å². The van der Waals surface area contributed by atoms with Gasteiger partial charge in [-0.15, -0.1) is 23.5 Å². The fourth-order valence-corrected chi connectivity index (χ4v) is 6.56. The highest BCUT2D eigenvalue weighted by Crippen LogP contribution is 2.32. The second-order valence-corrected chi connectivity index (χ2v) is 11.5. The van der Waals surface area contributed by atoms with Crippen LogP contribution in [0.4, 0.5) is 13.2 Å². The fourth-order valence-electron chi connectivity index (χ4n) is 2.86. The predicted molar refractivity (Wildman–Crippen MR) is 135 cm³/mol. The Bertz CT molecular complexity index is 879. The van der Waals surface area contributed by atoms with Crippen LogP contribution in [0, 0.1) is 0 Å². The highest BCUT2D eigenvalue weighted by molar-refractivity contribution is 8.23. The summed E-state index contributed by atoms with van der Waals surface area (Å²) in [6.45, 7) is 3.41. The van der Waals surface area contributed by atoms with E-state index in [4.69, 9.17) is 16.3 Å². The molecule has 1 N–H and O–H groups in total. The molecule has 1 aromatic carbocycles.